The van der Waals surface area contributed by atoms with Crippen LogP contribution in [-0.2, 0) is 20.9 Å². The van der Waals surface area contributed by atoms with Gasteiger partial charge in [0.15, 0.2) is 0 Å². The van der Waals surface area contributed by atoms with Crippen LogP contribution in [0, 0.1) is 5.82 Å². The lowest BCUT2D eigenvalue weighted by molar-refractivity contribution is -0.140. The van der Waals surface area contributed by atoms with Crippen molar-refractivity contribution in [2.45, 2.75) is 52.6 Å². The van der Waals surface area contributed by atoms with Gasteiger partial charge in [-0.3, -0.25) is 9.59 Å². The zero-order chi connectivity index (χ0) is 18.7. The van der Waals surface area contributed by atoms with E-state index in [1.165, 1.54) is 12.1 Å². The molecule has 2 amide bonds. The summed E-state index contributed by atoms with van der Waals surface area (Å²) in [6.45, 7) is 7.61. The van der Waals surface area contributed by atoms with E-state index < -0.39 is 6.04 Å². The van der Waals surface area contributed by atoms with Crippen LogP contribution < -0.4 is 5.32 Å². The summed E-state index contributed by atoms with van der Waals surface area (Å²) in [4.78, 5) is 26.3. The zero-order valence-corrected chi connectivity index (χ0v) is 15.4. The molecule has 0 aromatic heterocycles. The third kappa shape index (κ3) is 7.65. The first-order chi connectivity index (χ1) is 12.0. The predicted molar refractivity (Wildman–Crippen MR) is 95.4 cm³/mol. The summed E-state index contributed by atoms with van der Waals surface area (Å²) in [6, 6.07) is 5.39. The van der Waals surface area contributed by atoms with Crippen LogP contribution in [0.2, 0.25) is 0 Å². The van der Waals surface area contributed by atoms with Gasteiger partial charge in [-0.2, -0.15) is 0 Å². The summed E-state index contributed by atoms with van der Waals surface area (Å²) in [5.41, 5.74) is 0.793. The first-order valence-electron chi connectivity index (χ1n) is 8.88. The van der Waals surface area contributed by atoms with Gasteiger partial charge < -0.3 is 15.0 Å². The number of carbonyl (C=O) groups is 2. The van der Waals surface area contributed by atoms with Gasteiger partial charge in [0, 0.05) is 32.7 Å². The van der Waals surface area contributed by atoms with E-state index in [1.54, 1.807) is 24.0 Å². The highest BCUT2D eigenvalue weighted by Crippen LogP contribution is 2.12. The van der Waals surface area contributed by atoms with Crippen LogP contribution in [0.1, 0.15) is 45.6 Å². The standard InChI is InChI=1S/C19H29FN2O3/c1-4-7-18(23)22(14-16-8-10-17(20)11-9-16)15(3)19(24)21-12-6-13-25-5-2/h8-11,15H,4-7,12-14H2,1-3H3,(H,21,24). The summed E-state index contributed by atoms with van der Waals surface area (Å²) < 4.78 is 18.3. The van der Waals surface area contributed by atoms with E-state index in [9.17, 15) is 14.0 Å². The van der Waals surface area contributed by atoms with Crippen molar-refractivity contribution >= 4 is 11.8 Å². The number of hydrogen-bond acceptors (Lipinski definition) is 3. The highest BCUT2D eigenvalue weighted by Gasteiger charge is 2.25. The van der Waals surface area contributed by atoms with E-state index in [-0.39, 0.29) is 24.2 Å². The number of nitrogens with one attached hydrogen (secondary N) is 1. The highest BCUT2D eigenvalue weighted by atomic mass is 19.1. The fraction of sp³-hybridized carbons (Fsp3) is 0.579. The van der Waals surface area contributed by atoms with Crippen LogP contribution >= 0.6 is 0 Å². The smallest absolute Gasteiger partial charge is 0.242 e. The first kappa shape index (κ1) is 21.1. The first-order valence-corrected chi connectivity index (χ1v) is 8.88. The van der Waals surface area contributed by atoms with Crippen LogP contribution in [-0.4, -0.2) is 42.5 Å². The van der Waals surface area contributed by atoms with E-state index >= 15 is 0 Å². The Kier molecular flexibility index (Phi) is 9.77. The number of carbonyl (C=O) groups excluding carboxylic acids is 2. The largest absolute Gasteiger partial charge is 0.382 e. The van der Waals surface area contributed by atoms with Crippen molar-refractivity contribution in [3.63, 3.8) is 0 Å². The minimum absolute atomic E-state index is 0.0798. The van der Waals surface area contributed by atoms with Gasteiger partial charge in [0.2, 0.25) is 11.8 Å². The fourth-order valence-corrected chi connectivity index (χ4v) is 2.40. The lowest BCUT2D eigenvalue weighted by Gasteiger charge is -2.28. The molecule has 1 atom stereocenters. The molecular formula is C19H29FN2O3. The number of nitrogens with zero attached hydrogens (tertiary/aromatic N) is 1. The molecule has 0 spiro atoms. The van der Waals surface area contributed by atoms with E-state index in [4.69, 9.17) is 4.74 Å². The van der Waals surface area contributed by atoms with Crippen molar-refractivity contribution in [3.8, 4) is 0 Å². The molecule has 1 rings (SSSR count). The van der Waals surface area contributed by atoms with E-state index in [0.717, 1.165) is 12.0 Å². The van der Waals surface area contributed by atoms with Crippen LogP contribution in [0.4, 0.5) is 4.39 Å². The number of ether oxygens (including phenoxy) is 1. The molecule has 1 aromatic rings. The highest BCUT2D eigenvalue weighted by molar-refractivity contribution is 5.87. The van der Waals surface area contributed by atoms with Crippen LogP contribution in [0.25, 0.3) is 0 Å². The maximum atomic E-state index is 13.1. The van der Waals surface area contributed by atoms with Gasteiger partial charge in [-0.25, -0.2) is 4.39 Å². The fourth-order valence-electron chi connectivity index (χ4n) is 2.40. The number of halogens is 1. The summed E-state index contributed by atoms with van der Waals surface area (Å²) in [7, 11) is 0. The molecule has 0 saturated heterocycles. The SMILES string of the molecule is CCCC(=O)N(Cc1ccc(F)cc1)C(C)C(=O)NCCCOCC. The zero-order valence-electron chi connectivity index (χ0n) is 15.4. The van der Waals surface area contributed by atoms with E-state index in [0.29, 0.717) is 32.6 Å². The summed E-state index contributed by atoms with van der Waals surface area (Å²) >= 11 is 0. The second kappa shape index (κ2) is 11.6. The molecule has 1 unspecified atom stereocenters. The average Bonchev–Trinajstić information content (AvgIpc) is 2.60. The van der Waals surface area contributed by atoms with Gasteiger partial charge in [0.25, 0.3) is 0 Å². The van der Waals surface area contributed by atoms with Gasteiger partial charge in [-0.15, -0.1) is 0 Å². The van der Waals surface area contributed by atoms with Crippen molar-refractivity contribution in [1.29, 1.82) is 0 Å². The Balaban J connectivity index is 2.68. The van der Waals surface area contributed by atoms with Crippen LogP contribution in [0.3, 0.4) is 0 Å². The van der Waals surface area contributed by atoms with Crippen LogP contribution in [0.5, 0.6) is 0 Å². The minimum Gasteiger partial charge on any atom is -0.382 e. The van der Waals surface area contributed by atoms with Crippen LogP contribution in [0.15, 0.2) is 24.3 Å². The number of hydrogen-bond donors (Lipinski definition) is 1. The lowest BCUT2D eigenvalue weighted by atomic mass is 10.1. The van der Waals surface area contributed by atoms with Gasteiger partial charge >= 0.3 is 0 Å². The maximum Gasteiger partial charge on any atom is 0.242 e. The maximum absolute atomic E-state index is 13.1. The molecule has 1 aromatic carbocycles. The molecule has 0 aliphatic carbocycles. The van der Waals surface area contributed by atoms with Gasteiger partial charge in [-0.05, 0) is 44.4 Å². The Hall–Kier alpha value is -1.95. The molecule has 0 heterocycles. The third-order valence-electron chi connectivity index (χ3n) is 3.87. The molecule has 25 heavy (non-hydrogen) atoms. The number of benzene rings is 1. The molecule has 0 aliphatic heterocycles. The summed E-state index contributed by atoms with van der Waals surface area (Å²) in [5, 5.41) is 2.84. The minimum atomic E-state index is -0.587. The second-order valence-electron chi connectivity index (χ2n) is 5.92. The molecule has 140 valence electrons. The normalized spacial score (nSPS) is 11.8. The Morgan fingerprint density at radius 3 is 2.52 bits per heavy atom. The van der Waals surface area contributed by atoms with Gasteiger partial charge in [-0.1, -0.05) is 19.1 Å². The molecule has 0 fully saturated rings. The quantitative estimate of drug-likeness (QED) is 0.623. The molecule has 6 heteroatoms. The Bertz CT molecular complexity index is 534. The Morgan fingerprint density at radius 2 is 1.92 bits per heavy atom. The van der Waals surface area contributed by atoms with Crippen molar-refractivity contribution in [3.05, 3.63) is 35.6 Å². The van der Waals surface area contributed by atoms with Crippen molar-refractivity contribution in [2.24, 2.45) is 0 Å². The average molecular weight is 352 g/mol. The van der Waals surface area contributed by atoms with E-state index in [1.807, 2.05) is 13.8 Å². The Labute approximate surface area is 149 Å². The molecule has 0 aliphatic rings. The third-order valence-corrected chi connectivity index (χ3v) is 3.87. The molecule has 1 N–H and O–H groups in total. The van der Waals surface area contributed by atoms with Gasteiger partial charge in [0.1, 0.15) is 11.9 Å². The second-order valence-corrected chi connectivity index (χ2v) is 5.92. The number of amides is 2. The summed E-state index contributed by atoms with van der Waals surface area (Å²) in [5.74, 6) is -0.595. The monoisotopic (exact) mass is 352 g/mol. The number of rotatable bonds is 11. The molecule has 0 saturated carbocycles. The van der Waals surface area contributed by atoms with Crippen molar-refractivity contribution in [2.75, 3.05) is 19.8 Å². The van der Waals surface area contributed by atoms with Crippen molar-refractivity contribution < 1.29 is 18.7 Å². The molecule has 0 bridgehead atoms. The summed E-state index contributed by atoms with van der Waals surface area (Å²) in [6.07, 6.45) is 1.82. The molecule has 0 radical (unpaired) electrons. The molecule has 5 nitrogen and oxygen atoms in total. The van der Waals surface area contributed by atoms with E-state index in [2.05, 4.69) is 5.32 Å². The lowest BCUT2D eigenvalue weighted by Crippen LogP contribution is -2.47. The predicted octanol–water partition coefficient (Wildman–Crippen LogP) is 2.89. The molecular weight excluding hydrogens is 323 g/mol. The Morgan fingerprint density at radius 1 is 1.24 bits per heavy atom. The van der Waals surface area contributed by atoms with Gasteiger partial charge in [0.05, 0.1) is 0 Å². The topological polar surface area (TPSA) is 58.6 Å². The van der Waals surface area contributed by atoms with Crippen molar-refractivity contribution in [1.82, 2.24) is 10.2 Å².